The molecule has 4 rings (SSSR count). The zero-order chi connectivity index (χ0) is 17.9. The van der Waals surface area contributed by atoms with Crippen LogP contribution in [0.3, 0.4) is 0 Å². The van der Waals surface area contributed by atoms with Gasteiger partial charge in [0.25, 0.3) is 5.91 Å². The fourth-order valence-electron chi connectivity index (χ4n) is 3.22. The zero-order valence-electron chi connectivity index (χ0n) is 14.7. The number of aromatic nitrogens is 4. The number of ether oxygens (including phenoxy) is 1. The van der Waals surface area contributed by atoms with Gasteiger partial charge in [0, 0.05) is 43.3 Å². The van der Waals surface area contributed by atoms with Gasteiger partial charge < -0.3 is 9.64 Å². The molecule has 3 aromatic rings. The van der Waals surface area contributed by atoms with Crippen LogP contribution in [0.25, 0.3) is 5.65 Å². The number of carbonyl (C=O) groups excluding carboxylic acids is 1. The third-order valence-corrected chi connectivity index (χ3v) is 4.59. The molecule has 134 valence electrons. The molecule has 7 heteroatoms. The summed E-state index contributed by atoms with van der Waals surface area (Å²) in [7, 11) is 0. The van der Waals surface area contributed by atoms with Crippen LogP contribution in [0.15, 0.2) is 42.9 Å². The Kier molecular flexibility index (Phi) is 4.62. The second-order valence-corrected chi connectivity index (χ2v) is 6.64. The van der Waals surface area contributed by atoms with Crippen LogP contribution in [0.2, 0.25) is 0 Å². The minimum Gasteiger partial charge on any atom is -0.379 e. The molecular formula is C19H21N5O2. The average Bonchev–Trinajstić information content (AvgIpc) is 2.99. The van der Waals surface area contributed by atoms with Gasteiger partial charge in [-0.2, -0.15) is 5.10 Å². The summed E-state index contributed by atoms with van der Waals surface area (Å²) in [6.07, 6.45) is 5.97. The molecule has 3 aromatic heterocycles. The van der Waals surface area contributed by atoms with Crippen molar-refractivity contribution in [3.63, 3.8) is 0 Å². The van der Waals surface area contributed by atoms with E-state index in [0.717, 1.165) is 23.5 Å². The van der Waals surface area contributed by atoms with Gasteiger partial charge in [0.2, 0.25) is 0 Å². The standard InChI is InChI=1S/C19H21N5O2/c1-14-2-3-16(11-21-14)19(25)23-8-9-26-13-15(12-23)10-17-4-5-18-20-6-7-24(18)22-17/h2-7,11,15H,8-10,12-13H2,1H3/t15-/m1/s1. The third kappa shape index (κ3) is 3.57. The minimum atomic E-state index is 0.00557. The lowest BCUT2D eigenvalue weighted by atomic mass is 10.0. The molecule has 26 heavy (non-hydrogen) atoms. The molecule has 1 saturated heterocycles. The summed E-state index contributed by atoms with van der Waals surface area (Å²) < 4.78 is 7.50. The SMILES string of the molecule is Cc1ccc(C(=O)N2CCOC[C@H](Cc3ccc4nccn4n3)C2)cn1. The van der Waals surface area contributed by atoms with Crippen molar-refractivity contribution in [1.82, 2.24) is 24.5 Å². The molecule has 0 unspecified atom stereocenters. The number of amides is 1. The van der Waals surface area contributed by atoms with E-state index in [1.807, 2.05) is 42.3 Å². The highest BCUT2D eigenvalue weighted by Gasteiger charge is 2.24. The summed E-state index contributed by atoms with van der Waals surface area (Å²) in [6, 6.07) is 7.65. The number of hydrogen-bond acceptors (Lipinski definition) is 5. The Hall–Kier alpha value is -2.80. The van der Waals surface area contributed by atoms with E-state index in [9.17, 15) is 4.79 Å². The lowest BCUT2D eigenvalue weighted by Crippen LogP contribution is -2.36. The Morgan fingerprint density at radius 1 is 1.27 bits per heavy atom. The van der Waals surface area contributed by atoms with E-state index >= 15 is 0 Å². The highest BCUT2D eigenvalue weighted by atomic mass is 16.5. The largest absolute Gasteiger partial charge is 0.379 e. The summed E-state index contributed by atoms with van der Waals surface area (Å²) in [6.45, 7) is 4.33. The lowest BCUT2D eigenvalue weighted by Gasteiger charge is -2.23. The molecule has 1 fully saturated rings. The second-order valence-electron chi connectivity index (χ2n) is 6.64. The van der Waals surface area contributed by atoms with Gasteiger partial charge in [0.05, 0.1) is 24.5 Å². The van der Waals surface area contributed by atoms with Crippen molar-refractivity contribution in [2.45, 2.75) is 13.3 Å². The van der Waals surface area contributed by atoms with Crippen molar-refractivity contribution in [3.05, 3.63) is 59.8 Å². The van der Waals surface area contributed by atoms with Crippen molar-refractivity contribution in [2.75, 3.05) is 26.3 Å². The van der Waals surface area contributed by atoms with Crippen LogP contribution >= 0.6 is 0 Å². The number of hydrogen-bond donors (Lipinski definition) is 0. The quantitative estimate of drug-likeness (QED) is 0.719. The molecule has 0 saturated carbocycles. The summed E-state index contributed by atoms with van der Waals surface area (Å²) in [4.78, 5) is 23.1. The molecule has 0 spiro atoms. The maximum Gasteiger partial charge on any atom is 0.255 e. The molecule has 0 N–H and O–H groups in total. The Bertz CT molecular complexity index is 906. The van der Waals surface area contributed by atoms with Crippen molar-refractivity contribution in [1.29, 1.82) is 0 Å². The van der Waals surface area contributed by atoms with Crippen LogP contribution in [0.1, 0.15) is 21.7 Å². The van der Waals surface area contributed by atoms with E-state index in [-0.39, 0.29) is 11.8 Å². The normalized spacial score (nSPS) is 18.0. The van der Waals surface area contributed by atoms with Crippen LogP contribution in [0.5, 0.6) is 0 Å². The molecule has 1 aliphatic heterocycles. The maximum absolute atomic E-state index is 12.8. The first-order valence-electron chi connectivity index (χ1n) is 8.78. The van der Waals surface area contributed by atoms with Crippen LogP contribution in [0.4, 0.5) is 0 Å². The minimum absolute atomic E-state index is 0.00557. The lowest BCUT2D eigenvalue weighted by molar-refractivity contribution is 0.0737. The third-order valence-electron chi connectivity index (χ3n) is 4.59. The summed E-state index contributed by atoms with van der Waals surface area (Å²) in [5, 5.41) is 4.58. The first-order valence-corrected chi connectivity index (χ1v) is 8.78. The fraction of sp³-hybridized carbons (Fsp3) is 0.368. The monoisotopic (exact) mass is 351 g/mol. The number of pyridine rings is 1. The number of nitrogens with zero attached hydrogens (tertiary/aromatic N) is 5. The Morgan fingerprint density at radius 3 is 3.04 bits per heavy atom. The topological polar surface area (TPSA) is 72.6 Å². The highest BCUT2D eigenvalue weighted by Crippen LogP contribution is 2.15. The Labute approximate surface area is 151 Å². The number of aryl methyl sites for hydroxylation is 1. The first-order chi connectivity index (χ1) is 12.7. The van der Waals surface area contributed by atoms with E-state index in [0.29, 0.717) is 31.9 Å². The average molecular weight is 351 g/mol. The molecular weight excluding hydrogens is 330 g/mol. The molecule has 0 aliphatic carbocycles. The van der Waals surface area contributed by atoms with E-state index < -0.39 is 0 Å². The van der Waals surface area contributed by atoms with Gasteiger partial charge in [0.1, 0.15) is 0 Å². The van der Waals surface area contributed by atoms with Gasteiger partial charge in [-0.15, -0.1) is 0 Å². The molecule has 1 atom stereocenters. The van der Waals surface area contributed by atoms with Gasteiger partial charge in [-0.1, -0.05) is 0 Å². The van der Waals surface area contributed by atoms with E-state index in [2.05, 4.69) is 15.1 Å². The van der Waals surface area contributed by atoms with Crippen molar-refractivity contribution in [2.24, 2.45) is 5.92 Å². The fourth-order valence-corrected chi connectivity index (χ4v) is 3.22. The van der Waals surface area contributed by atoms with Gasteiger partial charge in [-0.25, -0.2) is 9.50 Å². The molecule has 0 radical (unpaired) electrons. The molecule has 1 aliphatic rings. The van der Waals surface area contributed by atoms with E-state index in [4.69, 9.17) is 4.74 Å². The second kappa shape index (κ2) is 7.21. The van der Waals surface area contributed by atoms with Crippen molar-refractivity contribution < 1.29 is 9.53 Å². The summed E-state index contributed by atoms with van der Waals surface area (Å²) in [5.74, 6) is 0.208. The van der Waals surface area contributed by atoms with Gasteiger partial charge >= 0.3 is 0 Å². The molecule has 0 bridgehead atoms. The zero-order valence-corrected chi connectivity index (χ0v) is 14.7. The van der Waals surface area contributed by atoms with Crippen molar-refractivity contribution >= 4 is 11.6 Å². The van der Waals surface area contributed by atoms with Crippen molar-refractivity contribution in [3.8, 4) is 0 Å². The number of imidazole rings is 1. The van der Waals surface area contributed by atoms with Gasteiger partial charge in [-0.3, -0.25) is 9.78 Å². The van der Waals surface area contributed by atoms with Gasteiger partial charge in [-0.05, 0) is 37.6 Å². The van der Waals surface area contributed by atoms with Gasteiger partial charge in [0.15, 0.2) is 5.65 Å². The van der Waals surface area contributed by atoms with Crippen LogP contribution in [-0.4, -0.2) is 56.7 Å². The van der Waals surface area contributed by atoms with Crippen LogP contribution < -0.4 is 0 Å². The Morgan fingerprint density at radius 2 is 2.19 bits per heavy atom. The molecule has 7 nitrogen and oxygen atoms in total. The Balaban J connectivity index is 1.48. The molecule has 1 amide bonds. The van der Waals surface area contributed by atoms with Crippen LogP contribution in [0, 0.1) is 12.8 Å². The molecule has 0 aromatic carbocycles. The van der Waals surface area contributed by atoms with E-state index in [1.165, 1.54) is 0 Å². The number of rotatable bonds is 3. The van der Waals surface area contributed by atoms with Crippen LogP contribution in [-0.2, 0) is 11.2 Å². The highest BCUT2D eigenvalue weighted by molar-refractivity contribution is 5.93. The summed E-state index contributed by atoms with van der Waals surface area (Å²) in [5.41, 5.74) is 3.32. The maximum atomic E-state index is 12.8. The molecule has 4 heterocycles. The predicted octanol–water partition coefficient (Wildman–Crippen LogP) is 1.76. The summed E-state index contributed by atoms with van der Waals surface area (Å²) >= 11 is 0. The van der Waals surface area contributed by atoms with E-state index in [1.54, 1.807) is 16.9 Å². The number of fused-ring (bicyclic) bond motifs is 1. The smallest absolute Gasteiger partial charge is 0.255 e. The first kappa shape index (κ1) is 16.7. The predicted molar refractivity (Wildman–Crippen MR) is 95.9 cm³/mol. The number of carbonyl (C=O) groups is 1.